The van der Waals surface area contributed by atoms with Crippen molar-refractivity contribution in [1.29, 1.82) is 0 Å². The van der Waals surface area contributed by atoms with Gasteiger partial charge in [0.15, 0.2) is 0 Å². The van der Waals surface area contributed by atoms with Crippen LogP contribution in [0.15, 0.2) is 23.1 Å². The van der Waals surface area contributed by atoms with Gasteiger partial charge in [-0.15, -0.1) is 0 Å². The highest BCUT2D eigenvalue weighted by Gasteiger charge is 2.29. The Morgan fingerprint density at radius 1 is 1.07 bits per heavy atom. The Bertz CT molecular complexity index is 876. The second-order valence-electron chi connectivity index (χ2n) is 7.67. The van der Waals surface area contributed by atoms with Crippen molar-refractivity contribution in [3.63, 3.8) is 0 Å². The second-order valence-corrected chi connectivity index (χ2v) is 9.98. The van der Waals surface area contributed by atoms with Crippen molar-refractivity contribution >= 4 is 33.6 Å². The van der Waals surface area contributed by atoms with Crippen LogP contribution >= 0.6 is 11.6 Å². The number of nitrogens with one attached hydrogen (secondary N) is 1. The molecule has 1 aromatic rings. The molecule has 8 nitrogen and oxygen atoms in total. The quantitative estimate of drug-likeness (QED) is 0.749. The Kier molecular flexibility index (Phi) is 7.60. The Labute approximate surface area is 182 Å². The molecule has 2 saturated heterocycles. The summed E-state index contributed by atoms with van der Waals surface area (Å²) < 4.78 is 32.4. The molecule has 2 aliphatic heterocycles. The average Bonchev–Trinajstić information content (AvgIpc) is 3.04. The Morgan fingerprint density at radius 3 is 2.30 bits per heavy atom. The van der Waals surface area contributed by atoms with Crippen molar-refractivity contribution in [3.8, 4) is 0 Å². The van der Waals surface area contributed by atoms with E-state index in [1.54, 1.807) is 4.90 Å². The first-order valence-corrected chi connectivity index (χ1v) is 12.1. The number of amides is 2. The first-order chi connectivity index (χ1) is 14.3. The molecule has 30 heavy (non-hydrogen) atoms. The van der Waals surface area contributed by atoms with Gasteiger partial charge < -0.3 is 15.0 Å². The fourth-order valence-corrected chi connectivity index (χ4v) is 5.89. The van der Waals surface area contributed by atoms with E-state index in [-0.39, 0.29) is 33.5 Å². The molecule has 0 bridgehead atoms. The molecule has 2 aliphatic rings. The number of carbonyl (C=O) groups excluding carboxylic acids is 2. The third-order valence-electron chi connectivity index (χ3n) is 5.64. The standard InChI is InChI=1S/C20H28ClN3O5S/c1-29-20(26)23-12-8-16(9-13-23)22-19(25)15-6-7-17(21)18(14-15)30(27,28)24-10-4-2-3-5-11-24/h6-7,14,16H,2-5,8-13H2,1H3,(H,22,25). The highest BCUT2D eigenvalue weighted by molar-refractivity contribution is 7.89. The molecule has 0 aliphatic carbocycles. The van der Waals surface area contributed by atoms with E-state index in [2.05, 4.69) is 5.32 Å². The SMILES string of the molecule is COC(=O)N1CCC(NC(=O)c2ccc(Cl)c(S(=O)(=O)N3CCCCCC3)c2)CC1. The molecule has 1 aromatic carbocycles. The van der Waals surface area contributed by atoms with Crippen LogP contribution in [-0.4, -0.2) is 69.0 Å². The zero-order chi connectivity index (χ0) is 21.7. The van der Waals surface area contributed by atoms with Gasteiger partial charge in [-0.25, -0.2) is 13.2 Å². The van der Waals surface area contributed by atoms with Gasteiger partial charge in [-0.1, -0.05) is 24.4 Å². The minimum atomic E-state index is -3.76. The number of hydrogen-bond donors (Lipinski definition) is 1. The highest BCUT2D eigenvalue weighted by atomic mass is 35.5. The van der Waals surface area contributed by atoms with Gasteiger partial charge in [0.2, 0.25) is 10.0 Å². The minimum Gasteiger partial charge on any atom is -0.453 e. The zero-order valence-corrected chi connectivity index (χ0v) is 18.7. The Morgan fingerprint density at radius 2 is 1.70 bits per heavy atom. The van der Waals surface area contributed by atoms with Crippen LogP contribution in [0.25, 0.3) is 0 Å². The molecule has 0 spiro atoms. The lowest BCUT2D eigenvalue weighted by molar-refractivity contribution is 0.0892. The fourth-order valence-electron chi connectivity index (χ4n) is 3.87. The average molecular weight is 458 g/mol. The predicted molar refractivity (Wildman–Crippen MR) is 113 cm³/mol. The van der Waals surface area contributed by atoms with Gasteiger partial charge in [-0.05, 0) is 43.9 Å². The van der Waals surface area contributed by atoms with E-state index in [1.807, 2.05) is 0 Å². The van der Waals surface area contributed by atoms with Gasteiger partial charge in [-0.2, -0.15) is 4.31 Å². The summed E-state index contributed by atoms with van der Waals surface area (Å²) in [6.07, 6.45) is 4.50. The first-order valence-electron chi connectivity index (χ1n) is 10.3. The summed E-state index contributed by atoms with van der Waals surface area (Å²) in [6.45, 7) is 1.92. The number of nitrogens with zero attached hydrogens (tertiary/aromatic N) is 2. The number of piperidine rings is 1. The molecule has 2 amide bonds. The molecule has 0 atom stereocenters. The lowest BCUT2D eigenvalue weighted by atomic mass is 10.0. The van der Waals surface area contributed by atoms with Gasteiger partial charge >= 0.3 is 6.09 Å². The molecule has 0 unspecified atom stereocenters. The molecule has 0 radical (unpaired) electrons. The monoisotopic (exact) mass is 457 g/mol. The number of benzene rings is 1. The van der Waals surface area contributed by atoms with Crippen LogP contribution < -0.4 is 5.32 Å². The third-order valence-corrected chi connectivity index (χ3v) is 8.02. The van der Waals surface area contributed by atoms with Gasteiger partial charge in [0.1, 0.15) is 4.90 Å². The molecule has 166 valence electrons. The number of carbonyl (C=O) groups is 2. The summed E-state index contributed by atoms with van der Waals surface area (Å²) in [4.78, 5) is 25.9. The maximum atomic E-state index is 13.1. The van der Waals surface area contributed by atoms with Crippen molar-refractivity contribution in [1.82, 2.24) is 14.5 Å². The molecule has 0 saturated carbocycles. The second kappa shape index (κ2) is 9.98. The van der Waals surface area contributed by atoms with Crippen molar-refractivity contribution in [3.05, 3.63) is 28.8 Å². The lowest BCUT2D eigenvalue weighted by Crippen LogP contribution is -2.46. The summed E-state index contributed by atoms with van der Waals surface area (Å²) in [7, 11) is -2.42. The summed E-state index contributed by atoms with van der Waals surface area (Å²) in [5.41, 5.74) is 0.253. The normalized spacial score (nSPS) is 19.2. The molecule has 2 heterocycles. The molecule has 0 aromatic heterocycles. The molecular formula is C20H28ClN3O5S. The van der Waals surface area contributed by atoms with E-state index < -0.39 is 10.0 Å². The van der Waals surface area contributed by atoms with E-state index >= 15 is 0 Å². The predicted octanol–water partition coefficient (Wildman–Crippen LogP) is 2.87. The van der Waals surface area contributed by atoms with Crippen LogP contribution in [0.5, 0.6) is 0 Å². The van der Waals surface area contributed by atoms with E-state index in [0.717, 1.165) is 25.7 Å². The number of hydrogen-bond acceptors (Lipinski definition) is 5. The number of halogens is 1. The van der Waals surface area contributed by atoms with Crippen LogP contribution in [-0.2, 0) is 14.8 Å². The van der Waals surface area contributed by atoms with Crippen LogP contribution in [0.1, 0.15) is 48.9 Å². The van der Waals surface area contributed by atoms with Crippen molar-refractivity contribution in [2.75, 3.05) is 33.3 Å². The number of likely N-dealkylation sites (tertiary alicyclic amines) is 1. The summed E-state index contributed by atoms with van der Waals surface area (Å²) >= 11 is 6.21. The van der Waals surface area contributed by atoms with Gasteiger partial charge in [0.05, 0.1) is 12.1 Å². The number of methoxy groups -OCH3 is 1. The van der Waals surface area contributed by atoms with Gasteiger partial charge in [-0.3, -0.25) is 4.79 Å². The maximum absolute atomic E-state index is 13.1. The maximum Gasteiger partial charge on any atom is 0.409 e. The van der Waals surface area contributed by atoms with Crippen LogP contribution in [0.4, 0.5) is 4.79 Å². The lowest BCUT2D eigenvalue weighted by Gasteiger charge is -2.31. The van der Waals surface area contributed by atoms with Crippen LogP contribution in [0, 0.1) is 0 Å². The van der Waals surface area contributed by atoms with E-state index in [4.69, 9.17) is 16.3 Å². The number of sulfonamides is 1. The zero-order valence-electron chi connectivity index (χ0n) is 17.1. The van der Waals surface area contributed by atoms with E-state index in [1.165, 1.54) is 29.6 Å². The topological polar surface area (TPSA) is 96.0 Å². The minimum absolute atomic E-state index is 0.0285. The van der Waals surface area contributed by atoms with Crippen LogP contribution in [0.2, 0.25) is 5.02 Å². The van der Waals surface area contributed by atoms with Crippen molar-refractivity contribution in [2.45, 2.75) is 49.5 Å². The number of rotatable bonds is 4. The van der Waals surface area contributed by atoms with Crippen molar-refractivity contribution < 1.29 is 22.7 Å². The third kappa shape index (κ3) is 5.25. The Balaban J connectivity index is 1.70. The van der Waals surface area contributed by atoms with E-state index in [0.29, 0.717) is 39.0 Å². The molecule has 2 fully saturated rings. The number of ether oxygens (including phenoxy) is 1. The largest absolute Gasteiger partial charge is 0.453 e. The summed E-state index contributed by atoms with van der Waals surface area (Å²) in [5, 5.41) is 3.04. The van der Waals surface area contributed by atoms with E-state index in [9.17, 15) is 18.0 Å². The molecule has 10 heteroatoms. The Hall–Kier alpha value is -1.84. The first kappa shape index (κ1) is 22.8. The fraction of sp³-hybridized carbons (Fsp3) is 0.600. The molecular weight excluding hydrogens is 430 g/mol. The highest BCUT2D eigenvalue weighted by Crippen LogP contribution is 2.28. The molecule has 1 N–H and O–H groups in total. The van der Waals surface area contributed by atoms with Crippen LogP contribution in [0.3, 0.4) is 0 Å². The van der Waals surface area contributed by atoms with Gasteiger partial charge in [0.25, 0.3) is 5.91 Å². The molecule has 3 rings (SSSR count). The smallest absolute Gasteiger partial charge is 0.409 e. The summed E-state index contributed by atoms with van der Waals surface area (Å²) in [6, 6.07) is 4.25. The van der Waals surface area contributed by atoms with Gasteiger partial charge in [0, 0.05) is 37.8 Å². The van der Waals surface area contributed by atoms with Crippen molar-refractivity contribution in [2.24, 2.45) is 0 Å². The summed E-state index contributed by atoms with van der Waals surface area (Å²) in [5.74, 6) is -0.351.